The molecule has 1 N–H and O–H groups in total. The van der Waals surface area contributed by atoms with Crippen LogP contribution in [0.3, 0.4) is 0 Å². The van der Waals surface area contributed by atoms with Crippen LogP contribution in [-0.4, -0.2) is 25.8 Å². The Balaban J connectivity index is 2.23. The molecule has 0 bridgehead atoms. The van der Waals surface area contributed by atoms with Gasteiger partial charge in [0, 0.05) is 12.6 Å². The second kappa shape index (κ2) is 7.96. The van der Waals surface area contributed by atoms with Crippen molar-refractivity contribution in [1.29, 1.82) is 0 Å². The zero-order valence-electron chi connectivity index (χ0n) is 11.0. The molecule has 1 aromatic rings. The Morgan fingerprint density at radius 1 is 1.06 bits per heavy atom. The van der Waals surface area contributed by atoms with Crippen molar-refractivity contribution in [3.05, 3.63) is 24.3 Å². The number of rotatable bonds is 8. The third kappa shape index (κ3) is 5.59. The van der Waals surface area contributed by atoms with E-state index in [4.69, 9.17) is 9.47 Å². The number of nitrogens with one attached hydrogen (secondary N) is 1. The van der Waals surface area contributed by atoms with E-state index in [1.165, 1.54) is 0 Å². The van der Waals surface area contributed by atoms with Gasteiger partial charge in [0.1, 0.15) is 18.1 Å². The molecule has 0 aliphatic heterocycles. The van der Waals surface area contributed by atoms with Crippen LogP contribution in [0.2, 0.25) is 0 Å². The summed E-state index contributed by atoms with van der Waals surface area (Å²) in [5.41, 5.74) is 0. The molecule has 1 atom stereocenters. The predicted molar refractivity (Wildman–Crippen MR) is 70.9 cm³/mol. The molecule has 0 fully saturated rings. The minimum atomic E-state index is 0.555. The minimum absolute atomic E-state index is 0.555. The summed E-state index contributed by atoms with van der Waals surface area (Å²) in [6, 6.07) is 8.29. The molecule has 0 aliphatic carbocycles. The normalized spacial score (nSPS) is 12.2. The van der Waals surface area contributed by atoms with Gasteiger partial charge in [-0.3, -0.25) is 0 Å². The minimum Gasteiger partial charge on any atom is -0.494 e. The Hall–Kier alpha value is -1.22. The molecule has 0 radical (unpaired) electrons. The van der Waals surface area contributed by atoms with E-state index in [0.717, 1.165) is 24.5 Å². The molecule has 0 heterocycles. The summed E-state index contributed by atoms with van der Waals surface area (Å²) >= 11 is 0. The van der Waals surface area contributed by atoms with Gasteiger partial charge >= 0.3 is 0 Å². The molecule has 3 heteroatoms. The summed E-state index contributed by atoms with van der Waals surface area (Å²) in [7, 11) is 0. The third-order valence-corrected chi connectivity index (χ3v) is 2.61. The molecule has 0 amide bonds. The van der Waals surface area contributed by atoms with Gasteiger partial charge in [-0.25, -0.2) is 0 Å². The molecule has 0 aromatic heterocycles. The van der Waals surface area contributed by atoms with Crippen LogP contribution < -0.4 is 14.8 Å². The van der Waals surface area contributed by atoms with Crippen LogP contribution in [0.1, 0.15) is 27.2 Å². The molecule has 96 valence electrons. The van der Waals surface area contributed by atoms with E-state index in [9.17, 15) is 0 Å². The summed E-state index contributed by atoms with van der Waals surface area (Å²) in [5, 5.41) is 3.38. The summed E-state index contributed by atoms with van der Waals surface area (Å²) < 4.78 is 11.0. The first-order chi connectivity index (χ1) is 8.26. The van der Waals surface area contributed by atoms with E-state index >= 15 is 0 Å². The van der Waals surface area contributed by atoms with E-state index in [1.807, 2.05) is 31.2 Å². The van der Waals surface area contributed by atoms with Crippen molar-refractivity contribution in [1.82, 2.24) is 5.32 Å². The highest BCUT2D eigenvalue weighted by atomic mass is 16.5. The maximum atomic E-state index is 5.62. The standard InChI is InChI=1S/C14H23NO2/c1-4-12(3)15-10-11-17-14-8-6-13(7-9-14)16-5-2/h6-9,12,15H,4-5,10-11H2,1-3H3. The smallest absolute Gasteiger partial charge is 0.119 e. The number of ether oxygens (including phenoxy) is 2. The topological polar surface area (TPSA) is 30.5 Å². The van der Waals surface area contributed by atoms with Gasteiger partial charge in [0.05, 0.1) is 6.61 Å². The van der Waals surface area contributed by atoms with Crippen molar-refractivity contribution < 1.29 is 9.47 Å². The van der Waals surface area contributed by atoms with Crippen LogP contribution in [0.15, 0.2) is 24.3 Å². The lowest BCUT2D eigenvalue weighted by Crippen LogP contribution is -2.29. The lowest BCUT2D eigenvalue weighted by atomic mass is 10.3. The average molecular weight is 237 g/mol. The van der Waals surface area contributed by atoms with Crippen molar-refractivity contribution in [3.63, 3.8) is 0 Å². The first-order valence-corrected chi connectivity index (χ1v) is 6.35. The molecule has 1 unspecified atom stereocenters. The molecular weight excluding hydrogens is 214 g/mol. The highest BCUT2D eigenvalue weighted by Gasteiger charge is 1.98. The second-order valence-corrected chi connectivity index (χ2v) is 4.02. The zero-order chi connectivity index (χ0) is 12.5. The molecule has 17 heavy (non-hydrogen) atoms. The fourth-order valence-electron chi connectivity index (χ4n) is 1.42. The summed E-state index contributed by atoms with van der Waals surface area (Å²) in [4.78, 5) is 0. The predicted octanol–water partition coefficient (Wildman–Crippen LogP) is 2.85. The van der Waals surface area contributed by atoms with Crippen molar-refractivity contribution in [2.75, 3.05) is 19.8 Å². The van der Waals surface area contributed by atoms with Crippen molar-refractivity contribution in [2.24, 2.45) is 0 Å². The van der Waals surface area contributed by atoms with Gasteiger partial charge < -0.3 is 14.8 Å². The number of hydrogen-bond acceptors (Lipinski definition) is 3. The summed E-state index contributed by atoms with van der Waals surface area (Å²) in [5.74, 6) is 1.77. The Labute approximate surface area is 104 Å². The van der Waals surface area contributed by atoms with Crippen LogP contribution in [0.25, 0.3) is 0 Å². The summed E-state index contributed by atoms with van der Waals surface area (Å²) in [6.07, 6.45) is 1.14. The Kier molecular flexibility index (Phi) is 6.48. The van der Waals surface area contributed by atoms with Gasteiger partial charge in [0.15, 0.2) is 0 Å². The number of benzene rings is 1. The largest absolute Gasteiger partial charge is 0.494 e. The van der Waals surface area contributed by atoms with Gasteiger partial charge in [-0.2, -0.15) is 0 Å². The maximum absolute atomic E-state index is 5.62. The van der Waals surface area contributed by atoms with Crippen molar-refractivity contribution in [3.8, 4) is 11.5 Å². The molecule has 1 rings (SSSR count). The van der Waals surface area contributed by atoms with Gasteiger partial charge in [0.25, 0.3) is 0 Å². The van der Waals surface area contributed by atoms with E-state index in [-0.39, 0.29) is 0 Å². The lowest BCUT2D eigenvalue weighted by molar-refractivity contribution is 0.304. The maximum Gasteiger partial charge on any atom is 0.119 e. The highest BCUT2D eigenvalue weighted by molar-refractivity contribution is 5.31. The SMILES string of the molecule is CCOc1ccc(OCCNC(C)CC)cc1. The third-order valence-electron chi connectivity index (χ3n) is 2.61. The van der Waals surface area contributed by atoms with Crippen LogP contribution >= 0.6 is 0 Å². The Bertz CT molecular complexity index is 298. The highest BCUT2D eigenvalue weighted by Crippen LogP contribution is 2.17. The van der Waals surface area contributed by atoms with Crippen molar-refractivity contribution >= 4 is 0 Å². The Morgan fingerprint density at radius 2 is 1.65 bits per heavy atom. The van der Waals surface area contributed by atoms with E-state index in [2.05, 4.69) is 19.2 Å². The first kappa shape index (κ1) is 13.8. The quantitative estimate of drug-likeness (QED) is 0.705. The summed E-state index contributed by atoms with van der Waals surface area (Å²) in [6.45, 7) is 8.59. The molecule has 0 saturated carbocycles. The molecule has 0 aliphatic rings. The van der Waals surface area contributed by atoms with Gasteiger partial charge in [-0.15, -0.1) is 0 Å². The Morgan fingerprint density at radius 3 is 2.18 bits per heavy atom. The number of hydrogen-bond donors (Lipinski definition) is 1. The van der Waals surface area contributed by atoms with Crippen LogP contribution in [0.5, 0.6) is 11.5 Å². The van der Waals surface area contributed by atoms with E-state index in [0.29, 0.717) is 19.3 Å². The van der Waals surface area contributed by atoms with Gasteiger partial charge in [-0.05, 0) is 44.5 Å². The zero-order valence-corrected chi connectivity index (χ0v) is 11.0. The van der Waals surface area contributed by atoms with Crippen LogP contribution in [0.4, 0.5) is 0 Å². The lowest BCUT2D eigenvalue weighted by Gasteiger charge is -2.12. The average Bonchev–Trinajstić information content (AvgIpc) is 2.36. The molecule has 1 aromatic carbocycles. The van der Waals surface area contributed by atoms with Gasteiger partial charge in [-0.1, -0.05) is 6.92 Å². The fraction of sp³-hybridized carbons (Fsp3) is 0.571. The monoisotopic (exact) mass is 237 g/mol. The van der Waals surface area contributed by atoms with E-state index < -0.39 is 0 Å². The molecule has 0 saturated heterocycles. The molecular formula is C14H23NO2. The van der Waals surface area contributed by atoms with Crippen LogP contribution in [0, 0.1) is 0 Å². The van der Waals surface area contributed by atoms with Crippen LogP contribution in [-0.2, 0) is 0 Å². The second-order valence-electron chi connectivity index (χ2n) is 4.02. The molecule has 3 nitrogen and oxygen atoms in total. The van der Waals surface area contributed by atoms with Gasteiger partial charge in [0.2, 0.25) is 0 Å². The van der Waals surface area contributed by atoms with Crippen molar-refractivity contribution in [2.45, 2.75) is 33.2 Å². The molecule has 0 spiro atoms. The first-order valence-electron chi connectivity index (χ1n) is 6.35. The van der Waals surface area contributed by atoms with E-state index in [1.54, 1.807) is 0 Å². The fourth-order valence-corrected chi connectivity index (χ4v) is 1.42.